The van der Waals surface area contributed by atoms with Gasteiger partial charge in [-0.2, -0.15) is 13.2 Å². The Morgan fingerprint density at radius 3 is 2.42 bits per heavy atom. The first kappa shape index (κ1) is 22.7. The number of hydrogen-bond acceptors (Lipinski definition) is 6. The molecule has 0 aliphatic rings. The molecule has 0 saturated carbocycles. The largest absolute Gasteiger partial charge is 0.416 e. The van der Waals surface area contributed by atoms with E-state index in [9.17, 15) is 18.0 Å². The molecule has 2 heterocycles. The fourth-order valence-corrected chi connectivity index (χ4v) is 3.80. The molecular formula is C20H17ClF3N5OS. The van der Waals surface area contributed by atoms with Gasteiger partial charge in [-0.1, -0.05) is 11.6 Å². The molecule has 0 aliphatic heterocycles. The highest BCUT2D eigenvalue weighted by atomic mass is 35.5. The number of aryl methyl sites for hydroxylation is 1. The van der Waals surface area contributed by atoms with Crippen LogP contribution in [0.15, 0.2) is 36.7 Å². The first-order valence-corrected chi connectivity index (χ1v) is 10.1. The van der Waals surface area contributed by atoms with Gasteiger partial charge in [0.2, 0.25) is 0 Å². The van der Waals surface area contributed by atoms with Crippen LogP contribution in [0, 0.1) is 12.3 Å². The van der Waals surface area contributed by atoms with Gasteiger partial charge in [-0.05, 0) is 38.1 Å². The molecule has 0 radical (unpaired) electrons. The number of nitrogens with zero attached hydrogens (tertiary/aromatic N) is 2. The summed E-state index contributed by atoms with van der Waals surface area (Å²) < 4.78 is 38.1. The van der Waals surface area contributed by atoms with Gasteiger partial charge < -0.3 is 16.0 Å². The predicted octanol–water partition coefficient (Wildman–Crippen LogP) is 5.77. The van der Waals surface area contributed by atoms with Gasteiger partial charge in [0.25, 0.3) is 5.91 Å². The first-order valence-electron chi connectivity index (χ1n) is 8.94. The highest BCUT2D eigenvalue weighted by Gasteiger charge is 2.30. The fraction of sp³-hybridized carbons (Fsp3) is 0.200. The summed E-state index contributed by atoms with van der Waals surface area (Å²) in [7, 11) is 0. The van der Waals surface area contributed by atoms with Crippen LogP contribution in [0.25, 0.3) is 0 Å². The molecule has 3 rings (SSSR count). The zero-order valence-electron chi connectivity index (χ0n) is 16.4. The van der Waals surface area contributed by atoms with Gasteiger partial charge in [0.1, 0.15) is 10.8 Å². The molecule has 0 aliphatic carbocycles. The van der Waals surface area contributed by atoms with Crippen LogP contribution < -0.4 is 10.6 Å². The second-order valence-electron chi connectivity index (χ2n) is 6.58. The zero-order valence-corrected chi connectivity index (χ0v) is 18.0. The molecule has 0 bridgehead atoms. The van der Waals surface area contributed by atoms with Gasteiger partial charge in [-0.25, -0.2) is 9.97 Å². The maximum Gasteiger partial charge on any atom is 0.416 e. The molecule has 2 aromatic heterocycles. The predicted molar refractivity (Wildman–Crippen MR) is 115 cm³/mol. The van der Waals surface area contributed by atoms with Crippen molar-refractivity contribution in [3.8, 4) is 0 Å². The number of hydrogen-bond donors (Lipinski definition) is 3. The molecule has 0 fully saturated rings. The number of amides is 1. The Morgan fingerprint density at radius 2 is 1.87 bits per heavy atom. The van der Waals surface area contributed by atoms with Crippen LogP contribution in [0.4, 0.5) is 24.7 Å². The van der Waals surface area contributed by atoms with Crippen molar-refractivity contribution >= 4 is 46.1 Å². The van der Waals surface area contributed by atoms with Crippen LogP contribution in [0.3, 0.4) is 0 Å². The number of alkyl halides is 3. The molecule has 0 atom stereocenters. The second-order valence-corrected chi connectivity index (χ2v) is 8.28. The van der Waals surface area contributed by atoms with Crippen LogP contribution in [0.5, 0.6) is 0 Å². The van der Waals surface area contributed by atoms with Gasteiger partial charge in [-0.3, -0.25) is 4.79 Å². The number of carbonyl (C=O) groups is 1. The molecule has 3 aromatic rings. The van der Waals surface area contributed by atoms with Crippen molar-refractivity contribution in [2.24, 2.45) is 0 Å². The standard InChI is InChI=1S/C20H17ClF3N5OS/c1-10-7-26-15(31-10)9-28-18-16(11(2)25)17(21)14(8-27-18)19(30)29-13-5-3-12(4-6-13)20(22,23)24/h3-8,25H,9H2,1-2H3,(H,27,28)(H,29,30). The highest BCUT2D eigenvalue weighted by molar-refractivity contribution is 7.11. The third-order valence-corrected chi connectivity index (χ3v) is 5.49. The van der Waals surface area contributed by atoms with Crippen molar-refractivity contribution in [3.63, 3.8) is 0 Å². The Bertz CT molecular complexity index is 1130. The third kappa shape index (κ3) is 5.39. The molecule has 11 heteroatoms. The van der Waals surface area contributed by atoms with Gasteiger partial charge in [0, 0.05) is 28.7 Å². The number of carbonyl (C=O) groups excluding carboxylic acids is 1. The molecule has 0 spiro atoms. The van der Waals surface area contributed by atoms with Gasteiger partial charge >= 0.3 is 6.18 Å². The van der Waals surface area contributed by atoms with E-state index in [0.29, 0.717) is 12.4 Å². The lowest BCUT2D eigenvalue weighted by atomic mass is 10.1. The molecule has 3 N–H and O–H groups in total. The molecule has 31 heavy (non-hydrogen) atoms. The van der Waals surface area contributed by atoms with Crippen molar-refractivity contribution in [3.05, 3.63) is 68.3 Å². The molecule has 0 saturated heterocycles. The van der Waals surface area contributed by atoms with Gasteiger partial charge in [0.05, 0.1) is 28.3 Å². The monoisotopic (exact) mass is 467 g/mol. The summed E-state index contributed by atoms with van der Waals surface area (Å²) in [5.74, 6) is -0.321. The number of pyridine rings is 1. The van der Waals surface area contributed by atoms with E-state index in [-0.39, 0.29) is 27.5 Å². The van der Waals surface area contributed by atoms with Gasteiger partial charge in [0.15, 0.2) is 0 Å². The lowest BCUT2D eigenvalue weighted by Crippen LogP contribution is -2.16. The number of benzene rings is 1. The Morgan fingerprint density at radius 1 is 1.19 bits per heavy atom. The highest BCUT2D eigenvalue weighted by Crippen LogP contribution is 2.31. The van der Waals surface area contributed by atoms with E-state index in [1.54, 1.807) is 6.20 Å². The Hall–Kier alpha value is -2.98. The normalized spacial score (nSPS) is 11.3. The zero-order chi connectivity index (χ0) is 22.8. The molecule has 162 valence electrons. The van der Waals surface area contributed by atoms with E-state index in [0.717, 1.165) is 34.2 Å². The van der Waals surface area contributed by atoms with Crippen molar-refractivity contribution in [1.82, 2.24) is 9.97 Å². The molecule has 0 unspecified atom stereocenters. The number of halogens is 4. The van der Waals surface area contributed by atoms with E-state index in [4.69, 9.17) is 17.0 Å². The fourth-order valence-electron chi connectivity index (χ4n) is 2.71. The van der Waals surface area contributed by atoms with Crippen molar-refractivity contribution in [2.75, 3.05) is 10.6 Å². The number of thiazole rings is 1. The maximum atomic E-state index is 12.7. The average molecular weight is 468 g/mol. The van der Waals surface area contributed by atoms with Crippen molar-refractivity contribution < 1.29 is 18.0 Å². The van der Waals surface area contributed by atoms with Crippen LogP contribution in [0.1, 0.15) is 38.3 Å². The first-order chi connectivity index (χ1) is 14.6. The third-order valence-electron chi connectivity index (χ3n) is 4.18. The Kier molecular flexibility index (Phi) is 6.61. The summed E-state index contributed by atoms with van der Waals surface area (Å²) in [5, 5.41) is 14.4. The molecule has 6 nitrogen and oxygen atoms in total. The Labute approximate surface area is 185 Å². The Balaban J connectivity index is 1.81. The average Bonchev–Trinajstić information content (AvgIpc) is 3.10. The van der Waals surface area contributed by atoms with Crippen LogP contribution in [-0.4, -0.2) is 21.6 Å². The van der Waals surface area contributed by atoms with E-state index in [2.05, 4.69) is 20.6 Å². The van der Waals surface area contributed by atoms with Crippen molar-refractivity contribution in [2.45, 2.75) is 26.6 Å². The molecular weight excluding hydrogens is 451 g/mol. The SMILES string of the molecule is CC(=N)c1c(NCc2ncc(C)s2)ncc(C(=O)Nc2ccc(C(F)(F)F)cc2)c1Cl. The summed E-state index contributed by atoms with van der Waals surface area (Å²) in [6.45, 7) is 3.83. The number of anilines is 2. The quantitative estimate of drug-likeness (QED) is 0.401. The topological polar surface area (TPSA) is 90.8 Å². The van der Waals surface area contributed by atoms with Gasteiger partial charge in [-0.15, -0.1) is 11.3 Å². The van der Waals surface area contributed by atoms with E-state index >= 15 is 0 Å². The number of aromatic nitrogens is 2. The second kappa shape index (κ2) is 9.03. The van der Waals surface area contributed by atoms with Crippen LogP contribution in [-0.2, 0) is 12.7 Å². The van der Waals surface area contributed by atoms with Crippen LogP contribution in [0.2, 0.25) is 5.02 Å². The summed E-state index contributed by atoms with van der Waals surface area (Å²) in [6.07, 6.45) is -1.46. The van der Waals surface area contributed by atoms with E-state index in [1.165, 1.54) is 24.5 Å². The van der Waals surface area contributed by atoms with Crippen LogP contribution >= 0.6 is 22.9 Å². The number of rotatable bonds is 6. The van der Waals surface area contributed by atoms with E-state index in [1.807, 2.05) is 6.92 Å². The lowest BCUT2D eigenvalue weighted by Gasteiger charge is -2.14. The number of nitrogens with one attached hydrogen (secondary N) is 3. The minimum Gasteiger partial charge on any atom is -0.363 e. The van der Waals surface area contributed by atoms with Crippen molar-refractivity contribution in [1.29, 1.82) is 5.41 Å². The summed E-state index contributed by atoms with van der Waals surface area (Å²) in [5.41, 5.74) is -0.297. The summed E-state index contributed by atoms with van der Waals surface area (Å²) in [6, 6.07) is 4.04. The summed E-state index contributed by atoms with van der Waals surface area (Å²) in [4.78, 5) is 22.2. The molecule has 1 amide bonds. The molecule has 1 aromatic carbocycles. The summed E-state index contributed by atoms with van der Waals surface area (Å²) >= 11 is 7.91. The smallest absolute Gasteiger partial charge is 0.363 e. The lowest BCUT2D eigenvalue weighted by molar-refractivity contribution is -0.137. The minimum absolute atomic E-state index is 0.00110. The maximum absolute atomic E-state index is 12.7. The van der Waals surface area contributed by atoms with E-state index < -0.39 is 17.6 Å². The minimum atomic E-state index is -4.47.